The Kier molecular flexibility index (Phi) is 3.48. The number of para-hydroxylation sites is 1. The topological polar surface area (TPSA) is 4.93 Å². The van der Waals surface area contributed by atoms with Crippen LogP contribution < -0.4 is 0 Å². The van der Waals surface area contributed by atoms with Gasteiger partial charge < -0.3 is 4.57 Å². The molecule has 3 heterocycles. The molecule has 3 aromatic heterocycles. The number of nitrogens with zero attached hydrogens (tertiary/aromatic N) is 1. The minimum absolute atomic E-state index is 1.22. The third kappa shape index (κ3) is 2.36. The van der Waals surface area contributed by atoms with Crippen molar-refractivity contribution in [3.63, 3.8) is 0 Å². The van der Waals surface area contributed by atoms with Gasteiger partial charge >= 0.3 is 0 Å². The summed E-state index contributed by atoms with van der Waals surface area (Å²) in [6, 6.07) is 37.7. The van der Waals surface area contributed by atoms with E-state index in [2.05, 4.69) is 108 Å². The minimum Gasteiger partial charge on any atom is -0.308 e. The second-order valence-electron chi connectivity index (χ2n) is 8.59. The molecule has 154 valence electrons. The first-order valence-electron chi connectivity index (χ1n) is 11.1. The van der Waals surface area contributed by atoms with Gasteiger partial charge in [0.05, 0.1) is 19.7 Å². The Balaban J connectivity index is 1.58. The Morgan fingerprint density at radius 3 is 2.24 bits per heavy atom. The van der Waals surface area contributed by atoms with Crippen molar-refractivity contribution in [2.45, 2.75) is 0 Å². The zero-order valence-electron chi connectivity index (χ0n) is 17.6. The van der Waals surface area contributed by atoms with E-state index < -0.39 is 0 Å². The van der Waals surface area contributed by atoms with Gasteiger partial charge in [-0.2, -0.15) is 0 Å². The van der Waals surface area contributed by atoms with Crippen molar-refractivity contribution in [1.29, 1.82) is 0 Å². The Labute approximate surface area is 197 Å². The summed E-state index contributed by atoms with van der Waals surface area (Å²) in [7, 11) is 0. The predicted octanol–water partition coefficient (Wildman–Crippen LogP) is 9.52. The largest absolute Gasteiger partial charge is 0.308 e. The molecule has 0 saturated carbocycles. The number of hydrogen-bond acceptors (Lipinski definition) is 2. The molecule has 8 rings (SSSR count). The summed E-state index contributed by atoms with van der Waals surface area (Å²) in [6.45, 7) is 0. The predicted molar refractivity (Wildman–Crippen MR) is 147 cm³/mol. The summed E-state index contributed by atoms with van der Waals surface area (Å²) in [6.07, 6.45) is 0. The Morgan fingerprint density at radius 2 is 1.30 bits per heavy atom. The van der Waals surface area contributed by atoms with E-state index in [1.54, 1.807) is 0 Å². The summed E-state index contributed by atoms with van der Waals surface area (Å²) in [5, 5.41) is 9.32. The van der Waals surface area contributed by atoms with E-state index in [4.69, 9.17) is 0 Å². The van der Waals surface area contributed by atoms with E-state index in [1.165, 1.54) is 67.8 Å². The maximum Gasteiger partial charge on any atom is 0.0891 e. The van der Waals surface area contributed by atoms with Crippen LogP contribution in [0.25, 0.3) is 67.8 Å². The van der Waals surface area contributed by atoms with Crippen molar-refractivity contribution >= 4 is 84.8 Å². The van der Waals surface area contributed by atoms with Gasteiger partial charge in [0.15, 0.2) is 0 Å². The van der Waals surface area contributed by atoms with Crippen LogP contribution in [-0.2, 0) is 0 Å². The molecule has 0 aliphatic rings. The molecule has 0 N–H and O–H groups in total. The summed E-state index contributed by atoms with van der Waals surface area (Å²) < 4.78 is 6.63. The molecular weight excluding hydrogens is 438 g/mol. The van der Waals surface area contributed by atoms with Crippen LogP contribution in [0.5, 0.6) is 0 Å². The number of thiophene rings is 2. The number of benzene rings is 5. The zero-order valence-corrected chi connectivity index (χ0v) is 19.2. The van der Waals surface area contributed by atoms with Gasteiger partial charge in [-0.15, -0.1) is 22.7 Å². The van der Waals surface area contributed by atoms with Crippen molar-refractivity contribution in [2.24, 2.45) is 0 Å². The van der Waals surface area contributed by atoms with E-state index in [-0.39, 0.29) is 0 Å². The average Bonchev–Trinajstić information content (AvgIpc) is 3.51. The summed E-state index contributed by atoms with van der Waals surface area (Å²) in [4.78, 5) is 0. The molecular formula is C30H17NS2. The molecule has 5 aromatic carbocycles. The van der Waals surface area contributed by atoms with Crippen LogP contribution in [0.3, 0.4) is 0 Å². The number of hydrogen-bond donors (Lipinski definition) is 0. The van der Waals surface area contributed by atoms with Crippen molar-refractivity contribution in [3.05, 3.63) is 103 Å². The monoisotopic (exact) mass is 455 g/mol. The quantitative estimate of drug-likeness (QED) is 0.232. The van der Waals surface area contributed by atoms with E-state index in [0.29, 0.717) is 0 Å². The van der Waals surface area contributed by atoms with Gasteiger partial charge in [-0.3, -0.25) is 0 Å². The van der Waals surface area contributed by atoms with E-state index in [1.807, 2.05) is 22.7 Å². The first-order chi connectivity index (χ1) is 16.4. The molecule has 0 radical (unpaired) electrons. The molecule has 3 heteroatoms. The maximum atomic E-state index is 2.47. The molecule has 0 aliphatic heterocycles. The summed E-state index contributed by atoms with van der Waals surface area (Å²) >= 11 is 3.86. The molecule has 33 heavy (non-hydrogen) atoms. The van der Waals surface area contributed by atoms with Crippen LogP contribution >= 0.6 is 22.7 Å². The van der Waals surface area contributed by atoms with Gasteiger partial charge in [0.1, 0.15) is 0 Å². The second kappa shape index (κ2) is 6.44. The zero-order chi connectivity index (χ0) is 21.5. The normalized spacial score (nSPS) is 12.2. The lowest BCUT2D eigenvalue weighted by atomic mass is 10.1. The van der Waals surface area contributed by atoms with Crippen molar-refractivity contribution in [3.8, 4) is 5.69 Å². The average molecular weight is 456 g/mol. The Bertz CT molecular complexity index is 2030. The van der Waals surface area contributed by atoms with E-state index in [9.17, 15) is 0 Å². The van der Waals surface area contributed by atoms with Crippen LogP contribution in [0.15, 0.2) is 103 Å². The van der Waals surface area contributed by atoms with Crippen molar-refractivity contribution in [1.82, 2.24) is 4.57 Å². The van der Waals surface area contributed by atoms with E-state index in [0.717, 1.165) is 0 Å². The standard InChI is InChI=1S/C30H17NS2/c1-2-8-19-17-20(14-13-18(19)7-1)31-25-11-5-3-9-21(25)22-15-16-24-27-23-10-4-6-12-26(23)32-30(27)33-29(24)28(22)31/h1-17H. The lowest BCUT2D eigenvalue weighted by Crippen LogP contribution is -1.93. The Morgan fingerprint density at radius 1 is 0.545 bits per heavy atom. The molecule has 0 unspecified atom stereocenters. The van der Waals surface area contributed by atoms with Crippen LogP contribution in [0.1, 0.15) is 0 Å². The highest BCUT2D eigenvalue weighted by molar-refractivity contribution is 7.45. The van der Waals surface area contributed by atoms with Crippen LogP contribution in [-0.4, -0.2) is 4.57 Å². The first-order valence-corrected chi connectivity index (χ1v) is 12.8. The molecule has 1 nitrogen and oxygen atoms in total. The van der Waals surface area contributed by atoms with Crippen LogP contribution in [0.2, 0.25) is 0 Å². The number of fused-ring (bicyclic) bond motifs is 10. The number of aromatic nitrogens is 1. The molecule has 0 atom stereocenters. The summed E-state index contributed by atoms with van der Waals surface area (Å²) in [5.41, 5.74) is 3.80. The minimum atomic E-state index is 1.22. The molecule has 0 spiro atoms. The first kappa shape index (κ1) is 17.8. The molecule has 0 bridgehead atoms. The van der Waals surface area contributed by atoms with Gasteiger partial charge in [-0.05, 0) is 35.0 Å². The molecule has 0 aliphatic carbocycles. The van der Waals surface area contributed by atoms with Gasteiger partial charge in [-0.25, -0.2) is 0 Å². The van der Waals surface area contributed by atoms with Gasteiger partial charge in [0.25, 0.3) is 0 Å². The molecule has 0 saturated heterocycles. The second-order valence-corrected chi connectivity index (χ2v) is 10.9. The maximum absolute atomic E-state index is 2.47. The number of rotatable bonds is 1. The SMILES string of the molecule is c1ccc2cc(-n3c4ccccc4c4ccc5c(sc6sc7ccccc7c65)c43)ccc2c1. The highest BCUT2D eigenvalue weighted by Gasteiger charge is 2.19. The lowest BCUT2D eigenvalue weighted by molar-refractivity contribution is 1.19. The molecule has 0 amide bonds. The third-order valence-electron chi connectivity index (χ3n) is 6.81. The van der Waals surface area contributed by atoms with Gasteiger partial charge in [-0.1, -0.05) is 78.9 Å². The van der Waals surface area contributed by atoms with Crippen molar-refractivity contribution < 1.29 is 0 Å². The van der Waals surface area contributed by atoms with Gasteiger partial charge in [0, 0.05) is 37.3 Å². The highest BCUT2D eigenvalue weighted by atomic mass is 32.2. The smallest absolute Gasteiger partial charge is 0.0891 e. The van der Waals surface area contributed by atoms with E-state index >= 15 is 0 Å². The third-order valence-corrected chi connectivity index (χ3v) is 9.28. The van der Waals surface area contributed by atoms with Gasteiger partial charge in [0.2, 0.25) is 0 Å². The van der Waals surface area contributed by atoms with Crippen LogP contribution in [0.4, 0.5) is 0 Å². The van der Waals surface area contributed by atoms with Crippen LogP contribution in [0, 0.1) is 0 Å². The lowest BCUT2D eigenvalue weighted by Gasteiger charge is -2.10. The summed E-state index contributed by atoms with van der Waals surface area (Å²) in [5.74, 6) is 0. The Hall–Kier alpha value is -3.66. The molecule has 8 aromatic rings. The molecule has 0 fully saturated rings. The highest BCUT2D eigenvalue weighted by Crippen LogP contribution is 2.48. The fourth-order valence-electron chi connectivity index (χ4n) is 5.35. The fraction of sp³-hybridized carbons (Fsp3) is 0. The fourth-order valence-corrected chi connectivity index (χ4v) is 8.07. The van der Waals surface area contributed by atoms with Crippen molar-refractivity contribution in [2.75, 3.05) is 0 Å².